The first kappa shape index (κ1) is 17.8. The number of rotatable bonds is 6. The third-order valence-electron chi connectivity index (χ3n) is 6.90. The summed E-state index contributed by atoms with van der Waals surface area (Å²) in [7, 11) is 0. The molecule has 152 valence electrons. The van der Waals surface area contributed by atoms with E-state index in [1.54, 1.807) is 0 Å². The summed E-state index contributed by atoms with van der Waals surface area (Å²) in [5.74, 6) is 3.01. The number of fused-ring (bicyclic) bond motifs is 5. The highest BCUT2D eigenvalue weighted by Gasteiger charge is 2.56. The molecule has 0 amide bonds. The van der Waals surface area contributed by atoms with Gasteiger partial charge in [0, 0.05) is 37.0 Å². The summed E-state index contributed by atoms with van der Waals surface area (Å²) >= 11 is 0. The SMILES string of the molecule is c1ccc(CN2C[C@H]3c4ccccc4[C@@]3(CCOc3ccc4c(c3)OCO4)C2)cc1. The lowest BCUT2D eigenvalue weighted by Crippen LogP contribution is -2.44. The van der Waals surface area contributed by atoms with Gasteiger partial charge in [-0.3, -0.25) is 4.90 Å². The monoisotopic (exact) mass is 399 g/mol. The van der Waals surface area contributed by atoms with Crippen molar-refractivity contribution in [3.63, 3.8) is 0 Å². The van der Waals surface area contributed by atoms with Crippen LogP contribution in [0.25, 0.3) is 0 Å². The van der Waals surface area contributed by atoms with E-state index in [0.717, 1.165) is 43.3 Å². The maximum absolute atomic E-state index is 6.16. The lowest BCUT2D eigenvalue weighted by atomic mass is 9.56. The van der Waals surface area contributed by atoms with Gasteiger partial charge in [0.25, 0.3) is 0 Å². The highest BCUT2D eigenvalue weighted by molar-refractivity contribution is 5.53. The zero-order valence-corrected chi connectivity index (χ0v) is 16.9. The average Bonchev–Trinajstić information content (AvgIpc) is 3.36. The van der Waals surface area contributed by atoms with Crippen molar-refractivity contribution in [2.75, 3.05) is 26.5 Å². The van der Waals surface area contributed by atoms with Gasteiger partial charge in [0.05, 0.1) is 6.61 Å². The molecule has 0 aromatic heterocycles. The molecule has 0 saturated carbocycles. The number of benzene rings is 3. The Kier molecular flexibility index (Phi) is 4.20. The minimum absolute atomic E-state index is 0.196. The molecule has 2 heterocycles. The van der Waals surface area contributed by atoms with Crippen LogP contribution in [0.15, 0.2) is 72.8 Å². The van der Waals surface area contributed by atoms with Crippen LogP contribution in [-0.2, 0) is 12.0 Å². The van der Waals surface area contributed by atoms with E-state index >= 15 is 0 Å². The van der Waals surface area contributed by atoms with Crippen molar-refractivity contribution in [3.05, 3.63) is 89.5 Å². The number of ether oxygens (including phenoxy) is 3. The van der Waals surface area contributed by atoms with Gasteiger partial charge in [0.15, 0.2) is 11.5 Å². The van der Waals surface area contributed by atoms with Gasteiger partial charge < -0.3 is 14.2 Å². The Morgan fingerprint density at radius 2 is 1.77 bits per heavy atom. The minimum atomic E-state index is 0.196. The van der Waals surface area contributed by atoms with Gasteiger partial charge in [0.2, 0.25) is 6.79 Å². The number of likely N-dealkylation sites (tertiary alicyclic amines) is 1. The molecule has 0 unspecified atom stereocenters. The van der Waals surface area contributed by atoms with Crippen molar-refractivity contribution in [1.29, 1.82) is 0 Å². The molecule has 2 aliphatic heterocycles. The Bertz CT molecular complexity index is 1070. The minimum Gasteiger partial charge on any atom is -0.493 e. The molecule has 0 bridgehead atoms. The maximum Gasteiger partial charge on any atom is 0.231 e. The van der Waals surface area contributed by atoms with Crippen molar-refractivity contribution >= 4 is 0 Å². The second-order valence-electron chi connectivity index (χ2n) is 8.56. The van der Waals surface area contributed by atoms with E-state index in [9.17, 15) is 0 Å². The first-order valence-electron chi connectivity index (χ1n) is 10.7. The maximum atomic E-state index is 6.16. The summed E-state index contributed by atoms with van der Waals surface area (Å²) in [4.78, 5) is 2.61. The van der Waals surface area contributed by atoms with Crippen LogP contribution in [0.4, 0.5) is 0 Å². The zero-order valence-electron chi connectivity index (χ0n) is 16.9. The third kappa shape index (κ3) is 2.86. The number of hydrogen-bond acceptors (Lipinski definition) is 4. The number of hydrogen-bond donors (Lipinski definition) is 0. The molecule has 0 radical (unpaired) electrons. The molecular weight excluding hydrogens is 374 g/mol. The van der Waals surface area contributed by atoms with Gasteiger partial charge in [0.1, 0.15) is 5.75 Å². The fourth-order valence-corrected chi connectivity index (χ4v) is 5.52. The molecule has 4 heteroatoms. The predicted molar refractivity (Wildman–Crippen MR) is 115 cm³/mol. The van der Waals surface area contributed by atoms with Crippen molar-refractivity contribution in [1.82, 2.24) is 4.90 Å². The fraction of sp³-hybridized carbons (Fsp3) is 0.308. The van der Waals surface area contributed by atoms with Crippen LogP contribution in [0.2, 0.25) is 0 Å². The van der Waals surface area contributed by atoms with Crippen LogP contribution in [0.3, 0.4) is 0 Å². The lowest BCUT2D eigenvalue weighted by Gasteiger charge is -2.46. The Morgan fingerprint density at radius 1 is 0.933 bits per heavy atom. The molecule has 3 aromatic rings. The molecule has 0 N–H and O–H groups in total. The summed E-state index contributed by atoms with van der Waals surface area (Å²) < 4.78 is 17.0. The van der Waals surface area contributed by atoms with Gasteiger partial charge in [-0.15, -0.1) is 0 Å². The van der Waals surface area contributed by atoms with Crippen molar-refractivity contribution in [2.24, 2.45) is 0 Å². The Labute approximate surface area is 177 Å². The number of nitrogens with zero attached hydrogens (tertiary/aromatic N) is 1. The van der Waals surface area contributed by atoms with Crippen LogP contribution < -0.4 is 14.2 Å². The van der Waals surface area contributed by atoms with E-state index in [-0.39, 0.29) is 12.2 Å². The molecule has 1 aliphatic carbocycles. The Morgan fingerprint density at radius 3 is 2.70 bits per heavy atom. The van der Waals surface area contributed by atoms with E-state index < -0.39 is 0 Å². The van der Waals surface area contributed by atoms with Crippen LogP contribution in [0.5, 0.6) is 17.2 Å². The zero-order chi connectivity index (χ0) is 20.0. The quantitative estimate of drug-likeness (QED) is 0.599. The smallest absolute Gasteiger partial charge is 0.231 e. The van der Waals surface area contributed by atoms with Gasteiger partial charge in [-0.1, -0.05) is 54.6 Å². The average molecular weight is 399 g/mol. The third-order valence-corrected chi connectivity index (χ3v) is 6.90. The van der Waals surface area contributed by atoms with Crippen LogP contribution in [0, 0.1) is 0 Å². The summed E-state index contributed by atoms with van der Waals surface area (Å²) in [5.41, 5.74) is 4.62. The largest absolute Gasteiger partial charge is 0.493 e. The Balaban J connectivity index is 1.18. The molecule has 6 rings (SSSR count). The van der Waals surface area contributed by atoms with Crippen molar-refractivity contribution in [2.45, 2.75) is 24.3 Å². The topological polar surface area (TPSA) is 30.9 Å². The van der Waals surface area contributed by atoms with Gasteiger partial charge >= 0.3 is 0 Å². The molecule has 4 nitrogen and oxygen atoms in total. The Hall–Kier alpha value is -2.98. The highest BCUT2D eigenvalue weighted by atomic mass is 16.7. The van der Waals surface area contributed by atoms with E-state index in [1.165, 1.54) is 16.7 Å². The lowest BCUT2D eigenvalue weighted by molar-refractivity contribution is 0.173. The van der Waals surface area contributed by atoms with E-state index in [0.29, 0.717) is 12.5 Å². The standard InChI is InChI=1S/C26H25NO3/c1-2-6-19(7-3-1)15-27-16-23-21-8-4-5-9-22(21)26(23,17-27)12-13-28-20-10-11-24-25(14-20)30-18-29-24/h1-11,14,23H,12-13,15-18H2/t23-,26+/m0/s1. The van der Waals surface area contributed by atoms with E-state index in [2.05, 4.69) is 59.5 Å². The van der Waals surface area contributed by atoms with Gasteiger partial charge in [-0.25, -0.2) is 0 Å². The highest BCUT2D eigenvalue weighted by Crippen LogP contribution is 2.58. The molecule has 1 fully saturated rings. The molecule has 30 heavy (non-hydrogen) atoms. The summed E-state index contributed by atoms with van der Waals surface area (Å²) in [6.45, 7) is 4.21. The summed E-state index contributed by atoms with van der Waals surface area (Å²) in [5, 5.41) is 0. The molecule has 3 aliphatic rings. The van der Waals surface area contributed by atoms with E-state index in [1.807, 2.05) is 18.2 Å². The van der Waals surface area contributed by atoms with Crippen molar-refractivity contribution < 1.29 is 14.2 Å². The second-order valence-corrected chi connectivity index (χ2v) is 8.56. The molecular formula is C26H25NO3. The van der Waals surface area contributed by atoms with Crippen molar-refractivity contribution in [3.8, 4) is 17.2 Å². The normalized spacial score (nSPS) is 23.5. The molecule has 2 atom stereocenters. The molecule has 1 saturated heterocycles. The second kappa shape index (κ2) is 7.06. The molecule has 3 aromatic carbocycles. The van der Waals surface area contributed by atoms with Gasteiger partial charge in [-0.05, 0) is 35.2 Å². The first-order chi connectivity index (χ1) is 14.8. The summed E-state index contributed by atoms with van der Waals surface area (Å²) in [6, 6.07) is 25.6. The van der Waals surface area contributed by atoms with E-state index in [4.69, 9.17) is 14.2 Å². The molecule has 0 spiro atoms. The first-order valence-corrected chi connectivity index (χ1v) is 10.7. The fourth-order valence-electron chi connectivity index (χ4n) is 5.52. The van der Waals surface area contributed by atoms with Crippen LogP contribution in [-0.4, -0.2) is 31.4 Å². The van der Waals surface area contributed by atoms with Crippen LogP contribution in [0.1, 0.15) is 29.0 Å². The van der Waals surface area contributed by atoms with Gasteiger partial charge in [-0.2, -0.15) is 0 Å². The predicted octanol–water partition coefficient (Wildman–Crippen LogP) is 4.74. The van der Waals surface area contributed by atoms with Crippen LogP contribution >= 0.6 is 0 Å². The summed E-state index contributed by atoms with van der Waals surface area (Å²) in [6.07, 6.45) is 1.02.